The molecule has 1 aromatic rings. The van der Waals surface area contributed by atoms with Crippen LogP contribution in [0.1, 0.15) is 46.0 Å². The van der Waals surface area contributed by atoms with Gasteiger partial charge in [0.05, 0.1) is 4.92 Å². The number of hydrogen-bond donors (Lipinski definition) is 1. The Morgan fingerprint density at radius 3 is 2.86 bits per heavy atom. The van der Waals surface area contributed by atoms with Crippen molar-refractivity contribution in [2.45, 2.75) is 52.1 Å². The third-order valence-corrected chi connectivity index (χ3v) is 3.81. The maximum atomic E-state index is 11.3. The van der Waals surface area contributed by atoms with Crippen molar-refractivity contribution >= 4 is 11.5 Å². The number of hydrogen-bond acceptors (Lipinski definition) is 6. The van der Waals surface area contributed by atoms with Crippen molar-refractivity contribution in [2.24, 2.45) is 5.92 Å². The van der Waals surface area contributed by atoms with Crippen LogP contribution < -0.4 is 10.1 Å². The van der Waals surface area contributed by atoms with E-state index in [0.717, 1.165) is 25.7 Å². The number of aromatic nitrogens is 2. The summed E-state index contributed by atoms with van der Waals surface area (Å²) >= 11 is 0. The van der Waals surface area contributed by atoms with Crippen LogP contribution >= 0.6 is 0 Å². The van der Waals surface area contributed by atoms with Gasteiger partial charge in [0.25, 0.3) is 5.88 Å². The molecule has 1 fully saturated rings. The molecule has 1 N–H and O–H groups in total. The highest BCUT2D eigenvalue weighted by molar-refractivity contribution is 5.61. The summed E-state index contributed by atoms with van der Waals surface area (Å²) in [6.45, 7) is 4.73. The van der Waals surface area contributed by atoms with Crippen LogP contribution in [0.3, 0.4) is 0 Å². The quantitative estimate of drug-likeness (QED) is 0.640. The Morgan fingerprint density at radius 2 is 2.19 bits per heavy atom. The van der Waals surface area contributed by atoms with Crippen LogP contribution in [0.5, 0.6) is 5.88 Å². The molecule has 1 aliphatic carbocycles. The molecular formula is C14H22N4O3. The van der Waals surface area contributed by atoms with Gasteiger partial charge in [0, 0.05) is 6.54 Å². The van der Waals surface area contributed by atoms with Crippen LogP contribution in [0.4, 0.5) is 11.5 Å². The molecule has 2 rings (SSSR count). The number of nitrogens with zero attached hydrogens (tertiary/aromatic N) is 3. The third kappa shape index (κ3) is 3.80. The van der Waals surface area contributed by atoms with Crippen LogP contribution in [-0.4, -0.2) is 27.5 Å². The van der Waals surface area contributed by atoms with Crippen molar-refractivity contribution in [2.75, 3.05) is 11.9 Å². The lowest BCUT2D eigenvalue weighted by Gasteiger charge is -2.28. The Balaban J connectivity index is 2.23. The van der Waals surface area contributed by atoms with Gasteiger partial charge in [-0.25, -0.2) is 4.98 Å². The Kier molecular flexibility index (Phi) is 5.30. The lowest BCUT2D eigenvalue weighted by atomic mass is 9.88. The van der Waals surface area contributed by atoms with E-state index in [0.29, 0.717) is 12.5 Å². The van der Waals surface area contributed by atoms with Gasteiger partial charge in [-0.2, -0.15) is 4.98 Å². The molecular weight excluding hydrogens is 272 g/mol. The van der Waals surface area contributed by atoms with E-state index in [4.69, 9.17) is 4.74 Å². The highest BCUT2D eigenvalue weighted by Crippen LogP contribution is 2.34. The minimum Gasteiger partial charge on any atom is -0.469 e. The zero-order valence-corrected chi connectivity index (χ0v) is 12.5. The van der Waals surface area contributed by atoms with E-state index in [1.54, 1.807) is 0 Å². The Hall–Kier alpha value is -1.92. The summed E-state index contributed by atoms with van der Waals surface area (Å²) in [5, 5.41) is 14.3. The van der Waals surface area contributed by atoms with Gasteiger partial charge in [-0.15, -0.1) is 0 Å². The minimum absolute atomic E-state index is 0.00799. The van der Waals surface area contributed by atoms with E-state index in [1.165, 1.54) is 12.7 Å². The van der Waals surface area contributed by atoms with E-state index in [1.807, 2.05) is 6.92 Å². The Labute approximate surface area is 124 Å². The van der Waals surface area contributed by atoms with E-state index in [9.17, 15) is 10.1 Å². The number of rotatable bonds is 6. The first kappa shape index (κ1) is 15.5. The molecule has 1 heterocycles. The number of anilines is 1. The predicted molar refractivity (Wildman–Crippen MR) is 79.5 cm³/mol. The molecule has 0 radical (unpaired) electrons. The molecule has 21 heavy (non-hydrogen) atoms. The van der Waals surface area contributed by atoms with Gasteiger partial charge in [0.2, 0.25) is 5.82 Å². The van der Waals surface area contributed by atoms with Gasteiger partial charge in [0.1, 0.15) is 12.4 Å². The Bertz CT molecular complexity index is 495. The monoisotopic (exact) mass is 294 g/mol. The second-order valence-corrected chi connectivity index (χ2v) is 5.48. The van der Waals surface area contributed by atoms with Gasteiger partial charge in [-0.3, -0.25) is 10.1 Å². The second kappa shape index (κ2) is 7.19. The summed E-state index contributed by atoms with van der Waals surface area (Å²) in [5.41, 5.74) is -0.163. The molecule has 116 valence electrons. The van der Waals surface area contributed by atoms with Crippen LogP contribution in [0.25, 0.3) is 0 Å². The summed E-state index contributed by atoms with van der Waals surface area (Å²) < 4.78 is 5.85. The van der Waals surface area contributed by atoms with E-state index < -0.39 is 4.92 Å². The predicted octanol–water partition coefficient (Wildman–Crippen LogP) is 3.16. The third-order valence-electron chi connectivity index (χ3n) is 3.81. The Morgan fingerprint density at radius 1 is 1.43 bits per heavy atom. The number of nitro groups is 1. The minimum atomic E-state index is -0.471. The highest BCUT2D eigenvalue weighted by Gasteiger charge is 2.29. The molecule has 0 aliphatic heterocycles. The van der Waals surface area contributed by atoms with Gasteiger partial charge < -0.3 is 10.1 Å². The zero-order valence-electron chi connectivity index (χ0n) is 12.5. The molecule has 0 bridgehead atoms. The van der Waals surface area contributed by atoms with Crippen molar-refractivity contribution < 1.29 is 9.66 Å². The second-order valence-electron chi connectivity index (χ2n) is 5.48. The molecule has 7 heteroatoms. The van der Waals surface area contributed by atoms with Gasteiger partial charge in [0.15, 0.2) is 0 Å². The molecule has 1 aromatic heterocycles. The zero-order chi connectivity index (χ0) is 15.2. The molecule has 0 spiro atoms. The van der Waals surface area contributed by atoms with Gasteiger partial charge >= 0.3 is 5.69 Å². The summed E-state index contributed by atoms with van der Waals surface area (Å²) in [5.74, 6) is 0.697. The largest absolute Gasteiger partial charge is 0.469 e. The molecule has 0 aromatic carbocycles. The fourth-order valence-corrected chi connectivity index (χ4v) is 2.59. The fraction of sp³-hybridized carbons (Fsp3) is 0.714. The average Bonchev–Trinajstić information content (AvgIpc) is 2.47. The van der Waals surface area contributed by atoms with Crippen molar-refractivity contribution in [3.8, 4) is 5.88 Å². The van der Waals surface area contributed by atoms with Crippen molar-refractivity contribution in [3.05, 3.63) is 16.4 Å². The first-order chi connectivity index (χ1) is 10.1. The first-order valence-electron chi connectivity index (χ1n) is 7.53. The molecule has 2 unspecified atom stereocenters. The van der Waals surface area contributed by atoms with E-state index >= 15 is 0 Å². The van der Waals surface area contributed by atoms with Crippen LogP contribution in [-0.2, 0) is 0 Å². The van der Waals surface area contributed by atoms with Crippen LogP contribution in [0, 0.1) is 16.0 Å². The SMILES string of the molecule is CCCNc1ncnc(OC2CCCCC2C)c1[N+](=O)[O-]. The van der Waals surface area contributed by atoms with Gasteiger partial charge in [-0.05, 0) is 31.6 Å². The topological polar surface area (TPSA) is 90.2 Å². The van der Waals surface area contributed by atoms with Crippen LogP contribution in [0.2, 0.25) is 0 Å². The highest BCUT2D eigenvalue weighted by atomic mass is 16.6. The maximum absolute atomic E-state index is 11.3. The number of nitrogens with one attached hydrogen (secondary N) is 1. The van der Waals surface area contributed by atoms with Gasteiger partial charge in [-0.1, -0.05) is 20.3 Å². The molecule has 0 amide bonds. The molecule has 1 aliphatic rings. The fourth-order valence-electron chi connectivity index (χ4n) is 2.59. The van der Waals surface area contributed by atoms with Crippen LogP contribution in [0.15, 0.2) is 6.33 Å². The lowest BCUT2D eigenvalue weighted by molar-refractivity contribution is -0.385. The molecule has 1 saturated carbocycles. The van der Waals surface area contributed by atoms with Crippen molar-refractivity contribution in [1.82, 2.24) is 9.97 Å². The normalized spacial score (nSPS) is 21.8. The summed E-state index contributed by atoms with van der Waals surface area (Å²) in [7, 11) is 0. The molecule has 7 nitrogen and oxygen atoms in total. The molecule has 0 saturated heterocycles. The summed E-state index contributed by atoms with van der Waals surface area (Å²) in [6.07, 6.45) is 6.45. The first-order valence-corrected chi connectivity index (χ1v) is 7.53. The summed E-state index contributed by atoms with van der Waals surface area (Å²) in [6, 6.07) is 0. The van der Waals surface area contributed by atoms with Crippen molar-refractivity contribution in [1.29, 1.82) is 0 Å². The van der Waals surface area contributed by atoms with E-state index in [2.05, 4.69) is 22.2 Å². The average molecular weight is 294 g/mol. The number of ether oxygens (including phenoxy) is 1. The molecule has 2 atom stereocenters. The summed E-state index contributed by atoms with van der Waals surface area (Å²) in [4.78, 5) is 18.8. The van der Waals surface area contributed by atoms with E-state index in [-0.39, 0.29) is 23.5 Å². The smallest absolute Gasteiger partial charge is 0.372 e. The van der Waals surface area contributed by atoms with Crippen molar-refractivity contribution in [3.63, 3.8) is 0 Å². The maximum Gasteiger partial charge on any atom is 0.372 e. The standard InChI is InChI=1S/C14H22N4O3/c1-3-8-15-13-12(18(19)20)14(17-9-16-13)21-11-7-5-4-6-10(11)2/h9-11H,3-8H2,1-2H3,(H,15,16,17). The lowest BCUT2D eigenvalue weighted by Crippen LogP contribution is -2.29.